The Morgan fingerprint density at radius 1 is 1.26 bits per heavy atom. The molecule has 0 saturated carbocycles. The third-order valence-electron chi connectivity index (χ3n) is 2.35. The summed E-state index contributed by atoms with van der Waals surface area (Å²) in [5.74, 6) is -3.42. The fourth-order valence-corrected chi connectivity index (χ4v) is 1.42. The zero-order valence-electron chi connectivity index (χ0n) is 9.52. The minimum atomic E-state index is -1.25. The van der Waals surface area contributed by atoms with Crippen molar-refractivity contribution in [2.75, 3.05) is 11.1 Å². The lowest BCUT2D eigenvalue weighted by Crippen LogP contribution is -2.06. The smallest absolute Gasteiger partial charge is 0.354 e. The number of hydrogen-bond donors (Lipinski definition) is 3. The van der Waals surface area contributed by atoms with Crippen LogP contribution >= 0.6 is 0 Å². The number of anilines is 3. The van der Waals surface area contributed by atoms with Crippen molar-refractivity contribution in [2.45, 2.75) is 0 Å². The van der Waals surface area contributed by atoms with E-state index in [1.807, 2.05) is 0 Å². The minimum Gasteiger partial charge on any atom is -0.477 e. The van der Waals surface area contributed by atoms with Crippen LogP contribution in [0, 0.1) is 11.6 Å². The number of hydrogen-bond acceptors (Lipinski definition) is 4. The molecule has 0 saturated heterocycles. The highest BCUT2D eigenvalue weighted by atomic mass is 19.2. The highest BCUT2D eigenvalue weighted by molar-refractivity contribution is 5.87. The number of aromatic nitrogens is 1. The van der Waals surface area contributed by atoms with Crippen LogP contribution in [0.15, 0.2) is 30.3 Å². The van der Waals surface area contributed by atoms with Gasteiger partial charge in [-0.05, 0) is 24.3 Å². The molecule has 0 spiro atoms. The van der Waals surface area contributed by atoms with Crippen LogP contribution < -0.4 is 11.1 Å². The Kier molecular flexibility index (Phi) is 3.28. The van der Waals surface area contributed by atoms with Crippen molar-refractivity contribution < 1.29 is 18.7 Å². The number of nitrogens with two attached hydrogens (primary N) is 1. The van der Waals surface area contributed by atoms with Crippen molar-refractivity contribution in [3.63, 3.8) is 0 Å². The molecule has 1 aromatic heterocycles. The summed E-state index contributed by atoms with van der Waals surface area (Å²) < 4.78 is 26.5. The van der Waals surface area contributed by atoms with Gasteiger partial charge in [-0.3, -0.25) is 0 Å². The van der Waals surface area contributed by atoms with Crippen molar-refractivity contribution in [1.29, 1.82) is 0 Å². The molecule has 19 heavy (non-hydrogen) atoms. The van der Waals surface area contributed by atoms with Gasteiger partial charge in [-0.15, -0.1) is 0 Å². The molecule has 0 aliphatic carbocycles. The maximum absolute atomic E-state index is 13.5. The van der Waals surface area contributed by atoms with E-state index >= 15 is 0 Å². The van der Waals surface area contributed by atoms with Crippen LogP contribution in [0.2, 0.25) is 0 Å². The summed E-state index contributed by atoms with van der Waals surface area (Å²) in [6.07, 6.45) is 0. The number of nitrogen functional groups attached to an aromatic ring is 1. The van der Waals surface area contributed by atoms with Crippen molar-refractivity contribution in [3.05, 3.63) is 47.7 Å². The molecule has 0 atom stereocenters. The van der Waals surface area contributed by atoms with Crippen LogP contribution in [0.5, 0.6) is 0 Å². The fourth-order valence-electron chi connectivity index (χ4n) is 1.42. The molecule has 0 bridgehead atoms. The third kappa shape index (κ3) is 2.59. The first-order valence-electron chi connectivity index (χ1n) is 5.20. The number of nitrogens with one attached hydrogen (secondary N) is 1. The van der Waals surface area contributed by atoms with E-state index in [1.54, 1.807) is 0 Å². The standard InChI is InChI=1S/C12H9F2N3O2/c13-6-2-1-3-8(10(6)14)16-11-7(15)4-5-9(17-11)12(18)19/h1-5H,15H2,(H,16,17)(H,18,19). The number of carboxylic acids is 1. The maximum atomic E-state index is 13.5. The predicted molar refractivity (Wildman–Crippen MR) is 65.2 cm³/mol. The molecule has 2 rings (SSSR count). The summed E-state index contributed by atoms with van der Waals surface area (Å²) in [5, 5.41) is 11.3. The SMILES string of the molecule is Nc1ccc(C(=O)O)nc1Nc1cccc(F)c1F. The van der Waals surface area contributed by atoms with Gasteiger partial charge in [0.1, 0.15) is 0 Å². The minimum absolute atomic E-state index is 0.0515. The molecule has 0 radical (unpaired) electrons. The van der Waals surface area contributed by atoms with Crippen LogP contribution in [-0.2, 0) is 0 Å². The molecule has 1 aromatic carbocycles. The van der Waals surface area contributed by atoms with Crippen molar-refractivity contribution >= 4 is 23.2 Å². The number of halogens is 2. The molecule has 2 aromatic rings. The van der Waals surface area contributed by atoms with E-state index in [4.69, 9.17) is 10.8 Å². The molecule has 0 fully saturated rings. The Morgan fingerprint density at radius 3 is 2.68 bits per heavy atom. The number of benzene rings is 1. The summed E-state index contributed by atoms with van der Waals surface area (Å²) in [5.41, 5.74) is 5.28. The van der Waals surface area contributed by atoms with Crippen LogP contribution in [0.3, 0.4) is 0 Å². The van der Waals surface area contributed by atoms with Crippen LogP contribution in [0.25, 0.3) is 0 Å². The average molecular weight is 265 g/mol. The Morgan fingerprint density at radius 2 is 2.00 bits per heavy atom. The predicted octanol–water partition coefficient (Wildman–Crippen LogP) is 2.38. The van der Waals surface area contributed by atoms with E-state index in [0.717, 1.165) is 6.07 Å². The lowest BCUT2D eigenvalue weighted by molar-refractivity contribution is 0.0690. The normalized spacial score (nSPS) is 10.2. The Labute approximate surface area is 106 Å². The van der Waals surface area contributed by atoms with Gasteiger partial charge in [-0.1, -0.05) is 6.07 Å². The summed E-state index contributed by atoms with van der Waals surface area (Å²) in [6, 6.07) is 6.08. The highest BCUT2D eigenvalue weighted by Gasteiger charge is 2.12. The fraction of sp³-hybridized carbons (Fsp3) is 0. The maximum Gasteiger partial charge on any atom is 0.354 e. The van der Waals surface area contributed by atoms with Gasteiger partial charge in [0, 0.05) is 0 Å². The van der Waals surface area contributed by atoms with Gasteiger partial charge < -0.3 is 16.2 Å². The molecule has 4 N–H and O–H groups in total. The van der Waals surface area contributed by atoms with E-state index < -0.39 is 17.6 Å². The number of nitrogens with zero attached hydrogens (tertiary/aromatic N) is 1. The summed E-state index contributed by atoms with van der Waals surface area (Å²) in [6.45, 7) is 0. The monoisotopic (exact) mass is 265 g/mol. The summed E-state index contributed by atoms with van der Waals surface area (Å²) in [4.78, 5) is 14.5. The number of carboxylic acid groups (broad SMARTS) is 1. The molecular formula is C12H9F2N3O2. The number of carbonyl (C=O) groups is 1. The summed E-state index contributed by atoms with van der Waals surface area (Å²) >= 11 is 0. The van der Waals surface area contributed by atoms with Gasteiger partial charge in [0.15, 0.2) is 23.1 Å². The van der Waals surface area contributed by atoms with Gasteiger partial charge in [-0.2, -0.15) is 0 Å². The lowest BCUT2D eigenvalue weighted by atomic mass is 10.2. The second-order valence-corrected chi connectivity index (χ2v) is 3.67. The van der Waals surface area contributed by atoms with Crippen LogP contribution in [0.1, 0.15) is 10.5 Å². The number of aromatic carboxylic acids is 1. The van der Waals surface area contributed by atoms with Crippen molar-refractivity contribution in [2.24, 2.45) is 0 Å². The molecule has 1 heterocycles. The number of pyridine rings is 1. The van der Waals surface area contributed by atoms with Gasteiger partial charge in [0.2, 0.25) is 0 Å². The zero-order valence-corrected chi connectivity index (χ0v) is 9.52. The molecule has 0 amide bonds. The van der Waals surface area contributed by atoms with Gasteiger partial charge >= 0.3 is 5.97 Å². The topological polar surface area (TPSA) is 88.2 Å². The molecule has 7 heteroatoms. The van der Waals surface area contributed by atoms with Gasteiger partial charge in [-0.25, -0.2) is 18.6 Å². The molecule has 5 nitrogen and oxygen atoms in total. The van der Waals surface area contributed by atoms with Gasteiger partial charge in [0.25, 0.3) is 0 Å². The Hall–Kier alpha value is -2.70. The van der Waals surface area contributed by atoms with E-state index in [2.05, 4.69) is 10.3 Å². The molecular weight excluding hydrogens is 256 g/mol. The first-order chi connectivity index (χ1) is 8.99. The van der Waals surface area contributed by atoms with E-state index in [0.29, 0.717) is 0 Å². The second kappa shape index (κ2) is 4.89. The lowest BCUT2D eigenvalue weighted by Gasteiger charge is -2.10. The third-order valence-corrected chi connectivity index (χ3v) is 2.35. The molecule has 0 aliphatic heterocycles. The molecule has 0 aliphatic rings. The largest absolute Gasteiger partial charge is 0.477 e. The van der Waals surface area contributed by atoms with E-state index in [1.165, 1.54) is 24.3 Å². The van der Waals surface area contributed by atoms with Crippen LogP contribution in [-0.4, -0.2) is 16.1 Å². The zero-order chi connectivity index (χ0) is 14.0. The van der Waals surface area contributed by atoms with E-state index in [9.17, 15) is 13.6 Å². The van der Waals surface area contributed by atoms with E-state index in [-0.39, 0.29) is 22.9 Å². The van der Waals surface area contributed by atoms with Crippen molar-refractivity contribution in [1.82, 2.24) is 4.98 Å². The highest BCUT2D eigenvalue weighted by Crippen LogP contribution is 2.24. The molecule has 98 valence electrons. The van der Waals surface area contributed by atoms with Crippen molar-refractivity contribution in [3.8, 4) is 0 Å². The average Bonchev–Trinajstić information content (AvgIpc) is 2.37. The molecule has 0 unspecified atom stereocenters. The Bertz CT molecular complexity index is 647. The first-order valence-corrected chi connectivity index (χ1v) is 5.20. The summed E-state index contributed by atoms with van der Waals surface area (Å²) in [7, 11) is 0. The Balaban J connectivity index is 2.40. The second-order valence-electron chi connectivity index (χ2n) is 3.67. The number of rotatable bonds is 3. The first kappa shape index (κ1) is 12.7. The van der Waals surface area contributed by atoms with Crippen LogP contribution in [0.4, 0.5) is 26.0 Å². The van der Waals surface area contributed by atoms with Gasteiger partial charge in [0.05, 0.1) is 11.4 Å². The quantitative estimate of drug-likeness (QED) is 0.793.